The van der Waals surface area contributed by atoms with Crippen LogP contribution >= 0.6 is 11.6 Å². The van der Waals surface area contributed by atoms with E-state index in [1.165, 1.54) is 0 Å². The maximum Gasteiger partial charge on any atom is 0.233 e. The van der Waals surface area contributed by atoms with Gasteiger partial charge in [-0.25, -0.2) is 0 Å². The Morgan fingerprint density at radius 1 is 1.33 bits per heavy atom. The topological polar surface area (TPSA) is 41.9 Å². The third kappa shape index (κ3) is 3.05. The van der Waals surface area contributed by atoms with Crippen LogP contribution in [0.1, 0.15) is 12.0 Å². The number of halogens is 1. The van der Waals surface area contributed by atoms with Gasteiger partial charge in [0, 0.05) is 23.2 Å². The minimum absolute atomic E-state index is 0.0550. The van der Waals surface area contributed by atoms with Gasteiger partial charge in [-0.2, -0.15) is 0 Å². The molecule has 2 aromatic carbocycles. The van der Waals surface area contributed by atoms with E-state index in [1.807, 2.05) is 36.4 Å². The number of hydrogen-bond donors (Lipinski definition) is 0. The predicted molar refractivity (Wildman–Crippen MR) is 97.8 cm³/mol. The molecule has 0 atom stereocenters. The lowest BCUT2D eigenvalue weighted by Gasteiger charge is -2.21. The Morgan fingerprint density at radius 2 is 2.12 bits per heavy atom. The molecule has 0 spiro atoms. The van der Waals surface area contributed by atoms with Crippen LogP contribution in [0.15, 0.2) is 60.1 Å². The van der Waals surface area contributed by atoms with Gasteiger partial charge in [0.2, 0.25) is 5.91 Å². The number of nitrogens with zero attached hydrogens (tertiary/aromatic N) is 2. The first-order valence-corrected chi connectivity index (χ1v) is 7.93. The van der Waals surface area contributed by atoms with Crippen LogP contribution in [0.5, 0.6) is 5.75 Å². The molecule has 0 radical (unpaired) electrons. The molecule has 0 saturated heterocycles. The molecule has 1 aliphatic heterocycles. The number of amides is 1. The molecule has 3 rings (SSSR count). The van der Waals surface area contributed by atoms with Gasteiger partial charge in [-0.05, 0) is 18.2 Å². The SMILES string of the molecule is C=CCN1C(=O)CC(c2ccccc2Cl)=Nc2ccc(OC)cc21. The van der Waals surface area contributed by atoms with Crippen LogP contribution in [-0.4, -0.2) is 25.3 Å². The molecule has 1 amide bonds. The van der Waals surface area contributed by atoms with Crippen molar-refractivity contribution in [2.45, 2.75) is 6.42 Å². The van der Waals surface area contributed by atoms with Crippen LogP contribution in [0.3, 0.4) is 0 Å². The van der Waals surface area contributed by atoms with Crippen LogP contribution < -0.4 is 9.64 Å². The Hall–Kier alpha value is -2.59. The number of fused-ring (bicyclic) bond motifs is 1. The van der Waals surface area contributed by atoms with Crippen molar-refractivity contribution >= 4 is 34.6 Å². The van der Waals surface area contributed by atoms with Crippen molar-refractivity contribution in [3.8, 4) is 5.75 Å². The van der Waals surface area contributed by atoms with E-state index in [2.05, 4.69) is 6.58 Å². The van der Waals surface area contributed by atoms with Crippen molar-refractivity contribution in [3.63, 3.8) is 0 Å². The van der Waals surface area contributed by atoms with Gasteiger partial charge in [0.15, 0.2) is 0 Å². The van der Waals surface area contributed by atoms with Gasteiger partial charge < -0.3 is 9.64 Å². The molecule has 5 heteroatoms. The van der Waals surface area contributed by atoms with E-state index >= 15 is 0 Å². The fourth-order valence-electron chi connectivity index (χ4n) is 2.68. The minimum atomic E-state index is -0.0550. The summed E-state index contributed by atoms with van der Waals surface area (Å²) in [4.78, 5) is 19.1. The number of carbonyl (C=O) groups excluding carboxylic acids is 1. The van der Waals surface area contributed by atoms with Gasteiger partial charge in [-0.3, -0.25) is 9.79 Å². The smallest absolute Gasteiger partial charge is 0.233 e. The Morgan fingerprint density at radius 3 is 2.83 bits per heavy atom. The molecule has 0 N–H and O–H groups in total. The number of ether oxygens (including phenoxy) is 1. The molecule has 122 valence electrons. The van der Waals surface area contributed by atoms with Crippen LogP contribution in [-0.2, 0) is 4.79 Å². The first kappa shape index (κ1) is 16.3. The third-order valence-corrected chi connectivity index (χ3v) is 4.17. The summed E-state index contributed by atoms with van der Waals surface area (Å²) < 4.78 is 5.28. The van der Waals surface area contributed by atoms with Gasteiger partial charge >= 0.3 is 0 Å². The van der Waals surface area contributed by atoms with Gasteiger partial charge in [-0.15, -0.1) is 6.58 Å². The highest BCUT2D eigenvalue weighted by Gasteiger charge is 2.25. The van der Waals surface area contributed by atoms with E-state index < -0.39 is 0 Å². The van der Waals surface area contributed by atoms with E-state index in [1.54, 1.807) is 24.2 Å². The Labute approximate surface area is 146 Å². The first-order chi connectivity index (χ1) is 11.6. The summed E-state index contributed by atoms with van der Waals surface area (Å²) in [5.74, 6) is 0.618. The van der Waals surface area contributed by atoms with Crippen LogP contribution in [0.25, 0.3) is 0 Å². The van der Waals surface area contributed by atoms with Gasteiger partial charge in [-0.1, -0.05) is 35.9 Å². The summed E-state index contributed by atoms with van der Waals surface area (Å²) in [6.07, 6.45) is 1.87. The van der Waals surface area contributed by atoms with Crippen LogP contribution in [0.2, 0.25) is 5.02 Å². The number of rotatable bonds is 4. The van der Waals surface area contributed by atoms with Crippen molar-refractivity contribution in [3.05, 3.63) is 65.7 Å². The summed E-state index contributed by atoms with van der Waals surface area (Å²) >= 11 is 6.29. The minimum Gasteiger partial charge on any atom is -0.497 e. The number of aliphatic imine (C=N–C) groups is 1. The molecule has 0 saturated carbocycles. The lowest BCUT2D eigenvalue weighted by molar-refractivity contribution is -0.117. The molecule has 1 aliphatic rings. The second-order valence-corrected chi connectivity index (χ2v) is 5.77. The Bertz CT molecular complexity index is 830. The molecular weight excluding hydrogens is 324 g/mol. The van der Waals surface area contributed by atoms with E-state index in [0.29, 0.717) is 34.4 Å². The fraction of sp³-hybridized carbons (Fsp3) is 0.158. The molecule has 24 heavy (non-hydrogen) atoms. The quantitative estimate of drug-likeness (QED) is 0.774. The van der Waals surface area contributed by atoms with Crippen LogP contribution in [0, 0.1) is 0 Å². The highest BCUT2D eigenvalue weighted by atomic mass is 35.5. The molecule has 2 aromatic rings. The lowest BCUT2D eigenvalue weighted by Crippen LogP contribution is -2.31. The number of anilines is 1. The second-order valence-electron chi connectivity index (χ2n) is 5.36. The van der Waals surface area contributed by atoms with Crippen molar-refractivity contribution in [1.29, 1.82) is 0 Å². The zero-order chi connectivity index (χ0) is 17.1. The normalized spacial score (nSPS) is 13.8. The predicted octanol–water partition coefficient (Wildman–Crippen LogP) is 4.39. The molecule has 4 nitrogen and oxygen atoms in total. The van der Waals surface area contributed by atoms with Crippen molar-refractivity contribution in [2.75, 3.05) is 18.6 Å². The molecule has 0 bridgehead atoms. The van der Waals surface area contributed by atoms with Crippen molar-refractivity contribution in [1.82, 2.24) is 0 Å². The van der Waals surface area contributed by atoms with Crippen LogP contribution in [0.4, 0.5) is 11.4 Å². The Balaban J connectivity index is 2.16. The standard InChI is InChI=1S/C19H17ClN2O2/c1-3-10-22-18-11-13(24-2)8-9-16(18)21-17(12-19(22)23)14-6-4-5-7-15(14)20/h3-9,11H,1,10,12H2,2H3. The fourth-order valence-corrected chi connectivity index (χ4v) is 2.92. The number of benzene rings is 2. The summed E-state index contributed by atoms with van der Waals surface area (Å²) in [5, 5.41) is 0.580. The molecule has 0 fully saturated rings. The monoisotopic (exact) mass is 340 g/mol. The molecular formula is C19H17ClN2O2. The average molecular weight is 341 g/mol. The van der Waals surface area contributed by atoms with E-state index in [0.717, 1.165) is 5.56 Å². The number of carbonyl (C=O) groups is 1. The maximum absolute atomic E-state index is 12.8. The largest absolute Gasteiger partial charge is 0.497 e. The lowest BCUT2D eigenvalue weighted by atomic mass is 10.1. The van der Waals surface area contributed by atoms with E-state index in [-0.39, 0.29) is 12.3 Å². The van der Waals surface area contributed by atoms with Gasteiger partial charge in [0.05, 0.1) is 30.6 Å². The van der Waals surface area contributed by atoms with Crippen molar-refractivity contribution < 1.29 is 9.53 Å². The molecule has 0 aliphatic carbocycles. The van der Waals surface area contributed by atoms with E-state index in [4.69, 9.17) is 21.3 Å². The van der Waals surface area contributed by atoms with Gasteiger partial charge in [0.1, 0.15) is 5.75 Å². The number of hydrogen-bond acceptors (Lipinski definition) is 3. The molecule has 0 aromatic heterocycles. The zero-order valence-electron chi connectivity index (χ0n) is 13.3. The highest BCUT2D eigenvalue weighted by molar-refractivity contribution is 6.35. The Kier molecular flexibility index (Phi) is 4.67. The summed E-state index contributed by atoms with van der Waals surface area (Å²) in [5.41, 5.74) is 2.85. The van der Waals surface area contributed by atoms with Crippen molar-refractivity contribution in [2.24, 2.45) is 4.99 Å². The summed E-state index contributed by atoms with van der Waals surface area (Å²) in [6, 6.07) is 12.9. The summed E-state index contributed by atoms with van der Waals surface area (Å²) in [6.45, 7) is 4.15. The molecule has 0 unspecified atom stereocenters. The molecule has 1 heterocycles. The average Bonchev–Trinajstić information content (AvgIpc) is 2.72. The maximum atomic E-state index is 12.8. The zero-order valence-corrected chi connectivity index (χ0v) is 14.1. The third-order valence-electron chi connectivity index (χ3n) is 3.84. The highest BCUT2D eigenvalue weighted by Crippen LogP contribution is 2.36. The number of methoxy groups -OCH3 is 1. The first-order valence-electron chi connectivity index (χ1n) is 7.56. The van der Waals surface area contributed by atoms with E-state index in [9.17, 15) is 4.79 Å². The van der Waals surface area contributed by atoms with Gasteiger partial charge in [0.25, 0.3) is 0 Å². The second kappa shape index (κ2) is 6.89. The summed E-state index contributed by atoms with van der Waals surface area (Å²) in [7, 11) is 1.59.